The molecule has 1 heterocycles. The van der Waals surface area contributed by atoms with Crippen LogP contribution in [0.25, 0.3) is 0 Å². The maximum Gasteiger partial charge on any atom is 0.225 e. The van der Waals surface area contributed by atoms with E-state index in [9.17, 15) is 9.18 Å². The molecule has 0 aliphatic carbocycles. The van der Waals surface area contributed by atoms with Gasteiger partial charge in [0.25, 0.3) is 0 Å². The molecule has 18 heavy (non-hydrogen) atoms. The Hall–Kier alpha value is -1.42. The van der Waals surface area contributed by atoms with Crippen LogP contribution in [0, 0.1) is 5.82 Å². The van der Waals surface area contributed by atoms with Gasteiger partial charge < -0.3 is 10.6 Å². The van der Waals surface area contributed by atoms with Gasteiger partial charge in [-0.1, -0.05) is 18.2 Å². The molecule has 2 unspecified atom stereocenters. The number of likely N-dealkylation sites (tertiary alicyclic amines) is 1. The van der Waals surface area contributed by atoms with Crippen molar-refractivity contribution >= 4 is 5.91 Å². The zero-order valence-electron chi connectivity index (χ0n) is 11.0. The van der Waals surface area contributed by atoms with Crippen LogP contribution in [0.3, 0.4) is 0 Å². The van der Waals surface area contributed by atoms with E-state index in [0.717, 1.165) is 0 Å². The fraction of sp³-hybridized carbons (Fsp3) is 0.500. The minimum absolute atomic E-state index is 0.0109. The molecule has 2 rings (SSSR count). The third-order valence-electron chi connectivity index (χ3n) is 3.31. The summed E-state index contributed by atoms with van der Waals surface area (Å²) in [5.74, 6) is -0.315. The monoisotopic (exact) mass is 250 g/mol. The van der Waals surface area contributed by atoms with E-state index in [0.29, 0.717) is 5.56 Å². The van der Waals surface area contributed by atoms with Crippen molar-refractivity contribution in [1.82, 2.24) is 4.90 Å². The first-order chi connectivity index (χ1) is 8.32. The lowest BCUT2D eigenvalue weighted by atomic mass is 9.96. The molecular weight excluding hydrogens is 231 g/mol. The number of halogens is 1. The molecule has 1 fully saturated rings. The number of benzene rings is 1. The Bertz CT molecular complexity index is 467. The molecule has 0 spiro atoms. The van der Waals surface area contributed by atoms with E-state index in [-0.39, 0.29) is 35.8 Å². The van der Waals surface area contributed by atoms with Gasteiger partial charge in [0.05, 0.1) is 6.04 Å². The summed E-state index contributed by atoms with van der Waals surface area (Å²) < 4.78 is 13.9. The van der Waals surface area contributed by atoms with Gasteiger partial charge in [0, 0.05) is 23.6 Å². The second-order valence-electron chi connectivity index (χ2n) is 5.77. The molecule has 1 aromatic rings. The third kappa shape index (κ3) is 2.12. The van der Waals surface area contributed by atoms with E-state index in [4.69, 9.17) is 5.73 Å². The van der Waals surface area contributed by atoms with Crippen LogP contribution < -0.4 is 5.73 Å². The van der Waals surface area contributed by atoms with E-state index in [1.807, 2.05) is 20.8 Å². The zero-order chi connectivity index (χ0) is 13.5. The predicted molar refractivity (Wildman–Crippen MR) is 68.3 cm³/mol. The van der Waals surface area contributed by atoms with Gasteiger partial charge in [-0.05, 0) is 26.8 Å². The molecule has 2 atom stereocenters. The lowest BCUT2D eigenvalue weighted by molar-refractivity contribution is -0.133. The van der Waals surface area contributed by atoms with Crippen molar-refractivity contribution in [3.05, 3.63) is 35.6 Å². The van der Waals surface area contributed by atoms with Gasteiger partial charge >= 0.3 is 0 Å². The molecule has 1 aliphatic heterocycles. The first-order valence-electron chi connectivity index (χ1n) is 6.14. The lowest BCUT2D eigenvalue weighted by Gasteiger charge is -2.38. The number of hydrogen-bond acceptors (Lipinski definition) is 2. The van der Waals surface area contributed by atoms with Gasteiger partial charge in [-0.15, -0.1) is 0 Å². The Morgan fingerprint density at radius 2 is 1.94 bits per heavy atom. The van der Waals surface area contributed by atoms with Crippen LogP contribution in [0.2, 0.25) is 0 Å². The van der Waals surface area contributed by atoms with Gasteiger partial charge in [-0.25, -0.2) is 4.39 Å². The van der Waals surface area contributed by atoms with Crippen molar-refractivity contribution in [1.29, 1.82) is 0 Å². The summed E-state index contributed by atoms with van der Waals surface area (Å²) in [6.45, 7) is 5.82. The second kappa shape index (κ2) is 4.35. The molecule has 0 radical (unpaired) electrons. The van der Waals surface area contributed by atoms with E-state index in [1.165, 1.54) is 6.07 Å². The van der Waals surface area contributed by atoms with Gasteiger partial charge in [0.1, 0.15) is 5.82 Å². The van der Waals surface area contributed by atoms with Crippen molar-refractivity contribution < 1.29 is 9.18 Å². The molecule has 0 aromatic heterocycles. The average molecular weight is 250 g/mol. The van der Waals surface area contributed by atoms with Gasteiger partial charge in [-0.3, -0.25) is 4.79 Å². The number of carbonyl (C=O) groups is 1. The van der Waals surface area contributed by atoms with Crippen molar-refractivity contribution in [2.45, 2.75) is 44.8 Å². The van der Waals surface area contributed by atoms with Crippen LogP contribution in [0.5, 0.6) is 0 Å². The molecule has 4 heteroatoms. The van der Waals surface area contributed by atoms with Crippen LogP contribution in [0.15, 0.2) is 24.3 Å². The van der Waals surface area contributed by atoms with Gasteiger partial charge in [0.2, 0.25) is 5.91 Å². The largest absolute Gasteiger partial charge is 0.329 e. The average Bonchev–Trinajstić information content (AvgIpc) is 2.53. The number of carbonyl (C=O) groups excluding carboxylic acids is 1. The van der Waals surface area contributed by atoms with Crippen LogP contribution in [-0.2, 0) is 4.79 Å². The zero-order valence-corrected chi connectivity index (χ0v) is 11.0. The highest BCUT2D eigenvalue weighted by atomic mass is 19.1. The minimum Gasteiger partial charge on any atom is -0.329 e. The first kappa shape index (κ1) is 13.0. The van der Waals surface area contributed by atoms with Crippen LogP contribution in [0.4, 0.5) is 4.39 Å². The predicted octanol–water partition coefficient (Wildman–Crippen LogP) is 2.22. The lowest BCUT2D eigenvalue weighted by Crippen LogP contribution is -2.45. The molecule has 0 saturated carbocycles. The second-order valence-corrected chi connectivity index (χ2v) is 5.77. The van der Waals surface area contributed by atoms with E-state index < -0.39 is 0 Å². The Balaban J connectivity index is 2.47. The Morgan fingerprint density at radius 1 is 1.33 bits per heavy atom. The summed E-state index contributed by atoms with van der Waals surface area (Å²) in [6, 6.07) is 5.80. The van der Waals surface area contributed by atoms with Crippen molar-refractivity contribution in [2.24, 2.45) is 5.73 Å². The number of amides is 1. The molecular formula is C14H19FN2O. The number of rotatable bonds is 1. The number of hydrogen-bond donors (Lipinski definition) is 1. The highest BCUT2D eigenvalue weighted by Gasteiger charge is 2.44. The quantitative estimate of drug-likeness (QED) is 0.830. The summed E-state index contributed by atoms with van der Waals surface area (Å²) >= 11 is 0. The number of nitrogens with two attached hydrogens (primary N) is 1. The van der Waals surface area contributed by atoms with Crippen molar-refractivity contribution in [3.63, 3.8) is 0 Å². The van der Waals surface area contributed by atoms with E-state index in [2.05, 4.69) is 0 Å². The molecule has 1 amide bonds. The highest BCUT2D eigenvalue weighted by Crippen LogP contribution is 2.38. The molecule has 1 aromatic carbocycles. The smallest absolute Gasteiger partial charge is 0.225 e. The van der Waals surface area contributed by atoms with Crippen LogP contribution in [-0.4, -0.2) is 22.4 Å². The summed E-state index contributed by atoms with van der Waals surface area (Å²) in [5.41, 5.74) is 6.17. The molecule has 98 valence electrons. The van der Waals surface area contributed by atoms with Crippen molar-refractivity contribution in [2.75, 3.05) is 0 Å². The Labute approximate surface area is 107 Å². The summed E-state index contributed by atoms with van der Waals surface area (Å²) in [5, 5.41) is 0. The number of nitrogens with zero attached hydrogens (tertiary/aromatic N) is 1. The van der Waals surface area contributed by atoms with E-state index in [1.54, 1.807) is 23.1 Å². The fourth-order valence-corrected chi connectivity index (χ4v) is 2.63. The van der Waals surface area contributed by atoms with E-state index >= 15 is 0 Å². The summed E-state index contributed by atoms with van der Waals surface area (Å²) in [4.78, 5) is 13.8. The topological polar surface area (TPSA) is 46.3 Å². The highest BCUT2D eigenvalue weighted by molar-refractivity contribution is 5.81. The molecule has 0 bridgehead atoms. The first-order valence-corrected chi connectivity index (χ1v) is 6.14. The third-order valence-corrected chi connectivity index (χ3v) is 3.31. The molecule has 2 N–H and O–H groups in total. The fourth-order valence-electron chi connectivity index (χ4n) is 2.63. The minimum atomic E-state index is -0.376. The van der Waals surface area contributed by atoms with Gasteiger partial charge in [0.15, 0.2) is 0 Å². The van der Waals surface area contributed by atoms with Crippen molar-refractivity contribution in [3.8, 4) is 0 Å². The maximum absolute atomic E-state index is 13.9. The Kier molecular flexibility index (Phi) is 3.15. The SMILES string of the molecule is CC(C)(C)N1C(=O)CC(N)C1c1ccccc1F. The van der Waals surface area contributed by atoms with Crippen LogP contribution in [0.1, 0.15) is 38.8 Å². The van der Waals surface area contributed by atoms with Crippen LogP contribution >= 0.6 is 0 Å². The standard InChI is InChI=1S/C14H19FN2O/c1-14(2,3)17-12(18)8-11(16)13(17)9-6-4-5-7-10(9)15/h4-7,11,13H,8,16H2,1-3H3. The maximum atomic E-state index is 13.9. The molecule has 1 aliphatic rings. The summed E-state index contributed by atoms with van der Waals surface area (Å²) in [7, 11) is 0. The molecule has 3 nitrogen and oxygen atoms in total. The molecule has 1 saturated heterocycles. The summed E-state index contributed by atoms with van der Waals surface area (Å²) in [6.07, 6.45) is 0.274. The normalized spacial score (nSPS) is 24.7. The Morgan fingerprint density at radius 3 is 2.50 bits per heavy atom. The van der Waals surface area contributed by atoms with Gasteiger partial charge in [-0.2, -0.15) is 0 Å².